The Morgan fingerprint density at radius 2 is 1.77 bits per heavy atom. The summed E-state index contributed by atoms with van der Waals surface area (Å²) in [6, 6.07) is 2.12. The van der Waals surface area contributed by atoms with Crippen LogP contribution in [0, 0.1) is 28.1 Å². The molecule has 26 heavy (non-hydrogen) atoms. The Balaban J connectivity index is 2.62. The van der Waals surface area contributed by atoms with Crippen LogP contribution in [0.2, 0.25) is 0 Å². The predicted molar refractivity (Wildman–Crippen MR) is 90.4 cm³/mol. The highest BCUT2D eigenvalue weighted by atomic mass is 16.6. The Kier molecular flexibility index (Phi) is 6.06. The average molecular weight is 363 g/mol. The zero-order chi connectivity index (χ0) is 19.4. The molecule has 0 saturated heterocycles. The van der Waals surface area contributed by atoms with E-state index in [0.29, 0.717) is 25.2 Å². The van der Waals surface area contributed by atoms with Crippen molar-refractivity contribution in [1.29, 1.82) is 5.26 Å². The van der Waals surface area contributed by atoms with Crippen molar-refractivity contribution in [3.63, 3.8) is 0 Å². The van der Waals surface area contributed by atoms with Gasteiger partial charge in [0, 0.05) is 18.4 Å². The molecule has 0 aromatic carbocycles. The van der Waals surface area contributed by atoms with Gasteiger partial charge in [-0.1, -0.05) is 0 Å². The van der Waals surface area contributed by atoms with Crippen LogP contribution in [0.3, 0.4) is 0 Å². The van der Waals surface area contributed by atoms with Crippen LogP contribution in [-0.4, -0.2) is 37.5 Å². The topological polar surface area (TPSA) is 103 Å². The number of rotatable bonds is 6. The van der Waals surface area contributed by atoms with Crippen molar-refractivity contribution < 1.29 is 28.6 Å². The van der Waals surface area contributed by atoms with E-state index in [4.69, 9.17) is 14.2 Å². The third-order valence-electron chi connectivity index (χ3n) is 5.28. The number of allylic oxidation sites excluding steroid dienone is 2. The van der Waals surface area contributed by atoms with E-state index < -0.39 is 34.5 Å². The first-order chi connectivity index (χ1) is 12.4. The molecule has 0 aromatic rings. The quantitative estimate of drug-likeness (QED) is 0.527. The number of hydrogen-bond acceptors (Lipinski definition) is 7. The lowest BCUT2D eigenvalue weighted by molar-refractivity contribution is -0.186. The lowest BCUT2D eigenvalue weighted by atomic mass is 9.50. The third kappa shape index (κ3) is 2.98. The second kappa shape index (κ2) is 7.90. The molecule has 0 unspecified atom stereocenters. The lowest BCUT2D eigenvalue weighted by Gasteiger charge is -2.49. The van der Waals surface area contributed by atoms with Gasteiger partial charge in [-0.15, -0.1) is 0 Å². The van der Waals surface area contributed by atoms with E-state index in [1.54, 1.807) is 20.8 Å². The van der Waals surface area contributed by atoms with Gasteiger partial charge in [0.2, 0.25) is 0 Å². The first kappa shape index (κ1) is 20.0. The van der Waals surface area contributed by atoms with Crippen molar-refractivity contribution in [2.45, 2.75) is 46.5 Å². The molecule has 2 aliphatic carbocycles. The molecular weight excluding hydrogens is 338 g/mol. The largest absolute Gasteiger partial charge is 0.498 e. The van der Waals surface area contributed by atoms with E-state index in [2.05, 4.69) is 6.07 Å². The Bertz CT molecular complexity index is 643. The summed E-state index contributed by atoms with van der Waals surface area (Å²) in [5.74, 6) is -2.36. The van der Waals surface area contributed by atoms with Crippen molar-refractivity contribution in [3.8, 4) is 6.07 Å². The van der Waals surface area contributed by atoms with E-state index in [-0.39, 0.29) is 26.1 Å². The molecule has 0 spiro atoms. The third-order valence-corrected chi connectivity index (χ3v) is 5.28. The summed E-state index contributed by atoms with van der Waals surface area (Å²) in [6.45, 7) is 5.60. The zero-order valence-corrected chi connectivity index (χ0v) is 15.5. The maximum absolute atomic E-state index is 12.9. The standard InChI is InChI=1S/C19H25NO6/c1-4-24-13-10-14-18(12-20,15(21)11-13)8-7-9-19(14,16(22)25-5-2)17(23)26-6-3/h11,14H,4-10H2,1-3H3/t14-,18-/m1/s1. The summed E-state index contributed by atoms with van der Waals surface area (Å²) in [6.07, 6.45) is 2.33. The number of esters is 2. The number of ether oxygens (including phenoxy) is 3. The van der Waals surface area contributed by atoms with E-state index in [0.717, 1.165) is 0 Å². The van der Waals surface area contributed by atoms with Gasteiger partial charge in [0.25, 0.3) is 0 Å². The predicted octanol–water partition coefficient (Wildman–Crippen LogP) is 2.30. The van der Waals surface area contributed by atoms with E-state index >= 15 is 0 Å². The minimum atomic E-state index is -1.67. The van der Waals surface area contributed by atoms with E-state index in [1.165, 1.54) is 6.08 Å². The fourth-order valence-electron chi connectivity index (χ4n) is 4.16. The highest BCUT2D eigenvalue weighted by Crippen LogP contribution is 2.57. The highest BCUT2D eigenvalue weighted by molar-refractivity contribution is 6.05. The number of carbonyl (C=O) groups is 3. The van der Waals surface area contributed by atoms with Gasteiger partial charge in [-0.05, 0) is 40.0 Å². The number of nitriles is 1. The second-order valence-corrected chi connectivity index (χ2v) is 6.51. The van der Waals surface area contributed by atoms with Gasteiger partial charge in [-0.2, -0.15) is 5.26 Å². The molecule has 0 aliphatic heterocycles. The molecule has 2 atom stereocenters. The Morgan fingerprint density at radius 1 is 1.15 bits per heavy atom. The summed E-state index contributed by atoms with van der Waals surface area (Å²) < 4.78 is 15.9. The Hall–Kier alpha value is -2.36. The van der Waals surface area contributed by atoms with Crippen molar-refractivity contribution >= 4 is 17.7 Å². The molecule has 0 radical (unpaired) electrons. The Labute approximate surface area is 153 Å². The molecule has 0 aromatic heterocycles. The summed E-state index contributed by atoms with van der Waals surface area (Å²) >= 11 is 0. The number of ketones is 1. The van der Waals surface area contributed by atoms with Crippen LogP contribution < -0.4 is 0 Å². The molecule has 0 N–H and O–H groups in total. The molecule has 0 bridgehead atoms. The molecule has 7 nitrogen and oxygen atoms in total. The average Bonchev–Trinajstić information content (AvgIpc) is 2.62. The van der Waals surface area contributed by atoms with Gasteiger partial charge in [0.1, 0.15) is 5.41 Å². The van der Waals surface area contributed by atoms with E-state index in [1.807, 2.05) is 0 Å². The summed E-state index contributed by atoms with van der Waals surface area (Å²) in [7, 11) is 0. The molecule has 1 fully saturated rings. The van der Waals surface area contributed by atoms with Crippen molar-refractivity contribution in [2.75, 3.05) is 19.8 Å². The van der Waals surface area contributed by atoms with E-state index in [9.17, 15) is 19.6 Å². The second-order valence-electron chi connectivity index (χ2n) is 6.51. The number of nitrogens with zero attached hydrogens (tertiary/aromatic N) is 1. The van der Waals surface area contributed by atoms with Gasteiger partial charge in [-0.25, -0.2) is 0 Å². The van der Waals surface area contributed by atoms with Gasteiger partial charge in [0.15, 0.2) is 11.2 Å². The highest BCUT2D eigenvalue weighted by Gasteiger charge is 2.67. The molecule has 1 saturated carbocycles. The molecule has 7 heteroatoms. The maximum atomic E-state index is 12.9. The SMILES string of the molecule is CCOC(=O)C1(C(=O)OCC)CCC[C@]2(C#N)C(=O)C=C(OCC)C[C@@H]12. The molecule has 2 aliphatic rings. The van der Waals surface area contributed by atoms with Crippen LogP contribution in [0.25, 0.3) is 0 Å². The molecule has 2 rings (SSSR count). The van der Waals surface area contributed by atoms with Crippen molar-refractivity contribution in [1.82, 2.24) is 0 Å². The molecule has 142 valence electrons. The first-order valence-electron chi connectivity index (χ1n) is 9.06. The van der Waals surface area contributed by atoms with Crippen LogP contribution in [0.5, 0.6) is 0 Å². The zero-order valence-electron chi connectivity index (χ0n) is 15.5. The fraction of sp³-hybridized carbons (Fsp3) is 0.684. The summed E-state index contributed by atoms with van der Waals surface area (Å²) in [5, 5.41) is 9.87. The monoisotopic (exact) mass is 363 g/mol. The van der Waals surface area contributed by atoms with Crippen LogP contribution in [0.15, 0.2) is 11.8 Å². The molecular formula is C19H25NO6. The molecule has 0 heterocycles. The van der Waals surface area contributed by atoms with Gasteiger partial charge in [0.05, 0.1) is 31.6 Å². The number of hydrogen-bond donors (Lipinski definition) is 0. The van der Waals surface area contributed by atoms with Crippen molar-refractivity contribution in [3.05, 3.63) is 11.8 Å². The van der Waals surface area contributed by atoms with Crippen LogP contribution in [0.4, 0.5) is 0 Å². The van der Waals surface area contributed by atoms with Crippen LogP contribution in [-0.2, 0) is 28.6 Å². The molecule has 0 amide bonds. The normalized spacial score (nSPS) is 26.8. The minimum absolute atomic E-state index is 0.0916. The lowest BCUT2D eigenvalue weighted by Crippen LogP contribution is -2.59. The summed E-state index contributed by atoms with van der Waals surface area (Å²) in [4.78, 5) is 38.7. The van der Waals surface area contributed by atoms with Crippen molar-refractivity contribution in [2.24, 2.45) is 16.7 Å². The maximum Gasteiger partial charge on any atom is 0.323 e. The smallest absolute Gasteiger partial charge is 0.323 e. The van der Waals surface area contributed by atoms with Gasteiger partial charge < -0.3 is 14.2 Å². The Morgan fingerprint density at radius 3 is 2.27 bits per heavy atom. The van der Waals surface area contributed by atoms with Gasteiger partial charge >= 0.3 is 11.9 Å². The van der Waals surface area contributed by atoms with Crippen LogP contribution >= 0.6 is 0 Å². The first-order valence-corrected chi connectivity index (χ1v) is 9.06. The van der Waals surface area contributed by atoms with Gasteiger partial charge in [-0.3, -0.25) is 14.4 Å². The number of carbonyl (C=O) groups excluding carboxylic acids is 3. The number of fused-ring (bicyclic) bond motifs is 1. The summed E-state index contributed by atoms with van der Waals surface area (Å²) in [5.41, 5.74) is -3.12. The fourth-order valence-corrected chi connectivity index (χ4v) is 4.16. The van der Waals surface area contributed by atoms with Crippen LogP contribution in [0.1, 0.15) is 46.5 Å². The minimum Gasteiger partial charge on any atom is -0.498 e.